The highest BCUT2D eigenvalue weighted by atomic mass is 35.5. The quantitative estimate of drug-likeness (QED) is 0.636. The van der Waals surface area contributed by atoms with Gasteiger partial charge in [0.2, 0.25) is 0 Å². The number of hydrogen-bond acceptors (Lipinski definition) is 1. The molecule has 0 saturated carbocycles. The zero-order valence-electron chi connectivity index (χ0n) is 10.1. The molecule has 8 heteroatoms. The van der Waals surface area contributed by atoms with Crippen LogP contribution in [-0.4, -0.2) is 4.98 Å². The van der Waals surface area contributed by atoms with Crippen molar-refractivity contribution in [1.82, 2.24) is 4.98 Å². The van der Waals surface area contributed by atoms with E-state index in [0.717, 1.165) is 24.3 Å². The minimum absolute atomic E-state index is 0.0282. The average Bonchev–Trinajstić information content (AvgIpc) is 2.36. The molecular weight excluding hydrogens is 320 g/mol. The molecule has 1 nitrogen and oxygen atoms in total. The first-order chi connectivity index (χ1) is 9.59. The Balaban J connectivity index is 2.47. The van der Waals surface area contributed by atoms with Gasteiger partial charge in [0.15, 0.2) is 0 Å². The fourth-order valence-corrected chi connectivity index (χ4v) is 1.91. The molecule has 0 bridgehead atoms. The predicted molar refractivity (Wildman–Crippen MR) is 64.7 cm³/mol. The van der Waals surface area contributed by atoms with Gasteiger partial charge in [-0.25, -0.2) is 0 Å². The van der Waals surface area contributed by atoms with Gasteiger partial charge in [0.1, 0.15) is 0 Å². The molecule has 0 N–H and O–H groups in total. The first-order valence-corrected chi connectivity index (χ1v) is 5.87. The van der Waals surface area contributed by atoms with Crippen LogP contribution >= 0.6 is 11.6 Å². The lowest BCUT2D eigenvalue weighted by molar-refractivity contribution is -0.138. The maximum absolute atomic E-state index is 12.6. The summed E-state index contributed by atoms with van der Waals surface area (Å²) in [6.45, 7) is 0. The Hall–Kier alpha value is -1.76. The van der Waals surface area contributed by atoms with E-state index in [-0.39, 0.29) is 11.3 Å². The van der Waals surface area contributed by atoms with Crippen molar-refractivity contribution in [3.05, 3.63) is 52.7 Å². The summed E-state index contributed by atoms with van der Waals surface area (Å²) in [5.41, 5.74) is -2.10. The third-order valence-corrected chi connectivity index (χ3v) is 2.96. The van der Waals surface area contributed by atoms with E-state index >= 15 is 0 Å². The van der Waals surface area contributed by atoms with Gasteiger partial charge >= 0.3 is 12.4 Å². The summed E-state index contributed by atoms with van der Waals surface area (Å²) >= 11 is 5.51. The van der Waals surface area contributed by atoms with Crippen LogP contribution in [0.2, 0.25) is 5.02 Å². The minimum Gasteiger partial charge on any atom is -0.256 e. The van der Waals surface area contributed by atoms with E-state index in [1.807, 2.05) is 0 Å². The molecule has 112 valence electrons. The maximum atomic E-state index is 12.6. The number of hydrogen-bond donors (Lipinski definition) is 0. The molecule has 0 atom stereocenters. The molecule has 1 heterocycles. The highest BCUT2D eigenvalue weighted by Crippen LogP contribution is 2.36. The van der Waals surface area contributed by atoms with Crippen LogP contribution in [0.3, 0.4) is 0 Å². The largest absolute Gasteiger partial charge is 0.419 e. The standard InChI is InChI=1S/C13H6ClF6N/c14-10-5-11(21-6-9(10)13(18,19)20)7-2-1-3-8(4-7)12(15,16)17/h1-6H. The number of nitrogens with zero attached hydrogens (tertiary/aromatic N) is 1. The van der Waals surface area contributed by atoms with Crippen LogP contribution in [0.5, 0.6) is 0 Å². The molecule has 1 aromatic heterocycles. The average molecular weight is 326 g/mol. The third kappa shape index (κ3) is 3.47. The fraction of sp³-hybridized carbons (Fsp3) is 0.154. The molecule has 0 amide bonds. The van der Waals surface area contributed by atoms with Gasteiger partial charge in [-0.15, -0.1) is 0 Å². The lowest BCUT2D eigenvalue weighted by atomic mass is 10.1. The van der Waals surface area contributed by atoms with Gasteiger partial charge < -0.3 is 0 Å². The molecule has 0 unspecified atom stereocenters. The molecule has 0 aliphatic heterocycles. The van der Waals surface area contributed by atoms with Crippen molar-refractivity contribution in [2.75, 3.05) is 0 Å². The molecule has 0 spiro atoms. The Morgan fingerprint density at radius 2 is 1.57 bits per heavy atom. The normalized spacial score (nSPS) is 12.5. The van der Waals surface area contributed by atoms with Crippen molar-refractivity contribution in [3.63, 3.8) is 0 Å². The van der Waals surface area contributed by atoms with Gasteiger partial charge in [-0.05, 0) is 18.2 Å². The summed E-state index contributed by atoms with van der Waals surface area (Å²) in [6.07, 6.45) is -8.72. The van der Waals surface area contributed by atoms with E-state index in [0.29, 0.717) is 6.20 Å². The van der Waals surface area contributed by atoms with Crippen LogP contribution in [0.25, 0.3) is 11.3 Å². The molecule has 2 aromatic rings. The predicted octanol–water partition coefficient (Wildman–Crippen LogP) is 5.44. The highest BCUT2D eigenvalue weighted by Gasteiger charge is 2.34. The first-order valence-electron chi connectivity index (χ1n) is 5.49. The zero-order valence-corrected chi connectivity index (χ0v) is 10.8. The zero-order chi connectivity index (χ0) is 15.8. The Morgan fingerprint density at radius 3 is 2.10 bits per heavy atom. The fourth-order valence-electron chi connectivity index (χ4n) is 1.65. The number of aromatic nitrogens is 1. The Labute approximate surface area is 120 Å². The van der Waals surface area contributed by atoms with Crippen molar-refractivity contribution in [1.29, 1.82) is 0 Å². The summed E-state index contributed by atoms with van der Waals surface area (Å²) in [4.78, 5) is 3.53. The van der Waals surface area contributed by atoms with Gasteiger partial charge in [-0.2, -0.15) is 26.3 Å². The van der Waals surface area contributed by atoms with Gasteiger partial charge in [-0.1, -0.05) is 23.7 Å². The van der Waals surface area contributed by atoms with Crippen LogP contribution in [0.1, 0.15) is 11.1 Å². The molecule has 0 fully saturated rings. The molecule has 0 radical (unpaired) electrons. The molecule has 2 rings (SSSR count). The van der Waals surface area contributed by atoms with Gasteiger partial charge in [0, 0.05) is 11.8 Å². The molecule has 0 aliphatic carbocycles. The van der Waals surface area contributed by atoms with Crippen molar-refractivity contribution in [2.24, 2.45) is 0 Å². The Morgan fingerprint density at radius 1 is 0.905 bits per heavy atom. The van der Waals surface area contributed by atoms with E-state index < -0.39 is 28.5 Å². The van der Waals surface area contributed by atoms with Crippen molar-refractivity contribution in [2.45, 2.75) is 12.4 Å². The molecule has 21 heavy (non-hydrogen) atoms. The Bertz CT molecular complexity index is 662. The van der Waals surface area contributed by atoms with E-state index in [4.69, 9.17) is 11.6 Å². The maximum Gasteiger partial charge on any atom is 0.419 e. The first kappa shape index (κ1) is 15.6. The summed E-state index contributed by atoms with van der Waals surface area (Å²) < 4.78 is 75.4. The lowest BCUT2D eigenvalue weighted by Gasteiger charge is -2.11. The van der Waals surface area contributed by atoms with Crippen LogP contribution in [-0.2, 0) is 12.4 Å². The second-order valence-corrected chi connectivity index (χ2v) is 4.53. The highest BCUT2D eigenvalue weighted by molar-refractivity contribution is 6.31. The molecule has 0 saturated heterocycles. The van der Waals surface area contributed by atoms with Gasteiger partial charge in [-0.3, -0.25) is 4.98 Å². The minimum atomic E-state index is -4.67. The van der Waals surface area contributed by atoms with Crippen molar-refractivity contribution >= 4 is 11.6 Å². The second kappa shape index (κ2) is 5.22. The summed E-state index contributed by atoms with van der Waals surface area (Å²) in [7, 11) is 0. The molecular formula is C13H6ClF6N. The molecule has 1 aromatic carbocycles. The van der Waals surface area contributed by atoms with E-state index in [1.165, 1.54) is 6.07 Å². The van der Waals surface area contributed by atoms with Crippen LogP contribution < -0.4 is 0 Å². The number of alkyl halides is 6. The van der Waals surface area contributed by atoms with Crippen molar-refractivity contribution in [3.8, 4) is 11.3 Å². The Kier molecular flexibility index (Phi) is 3.88. The summed E-state index contributed by atoms with van der Waals surface area (Å²) in [6, 6.07) is 4.99. The number of benzene rings is 1. The van der Waals surface area contributed by atoms with Gasteiger partial charge in [0.05, 0.1) is 21.8 Å². The van der Waals surface area contributed by atoms with Crippen LogP contribution in [0.4, 0.5) is 26.3 Å². The topological polar surface area (TPSA) is 12.9 Å². The van der Waals surface area contributed by atoms with Crippen molar-refractivity contribution < 1.29 is 26.3 Å². The summed E-state index contributed by atoms with van der Waals surface area (Å²) in [5, 5.41) is -0.620. The van der Waals surface area contributed by atoms with Crippen LogP contribution in [0.15, 0.2) is 36.5 Å². The third-order valence-electron chi connectivity index (χ3n) is 2.64. The second-order valence-electron chi connectivity index (χ2n) is 4.13. The van der Waals surface area contributed by atoms with E-state index in [1.54, 1.807) is 0 Å². The number of halogens is 7. The van der Waals surface area contributed by atoms with E-state index in [9.17, 15) is 26.3 Å². The number of pyridine rings is 1. The smallest absolute Gasteiger partial charge is 0.256 e. The lowest BCUT2D eigenvalue weighted by Crippen LogP contribution is -2.07. The monoisotopic (exact) mass is 325 g/mol. The van der Waals surface area contributed by atoms with Crippen LogP contribution in [0, 0.1) is 0 Å². The van der Waals surface area contributed by atoms with Gasteiger partial charge in [0.25, 0.3) is 0 Å². The molecule has 0 aliphatic rings. The van der Waals surface area contributed by atoms with E-state index in [2.05, 4.69) is 4.98 Å². The SMILES string of the molecule is FC(F)(F)c1cccc(-c2cc(Cl)c(C(F)(F)F)cn2)c1. The number of rotatable bonds is 1. The summed E-state index contributed by atoms with van der Waals surface area (Å²) in [5.74, 6) is 0.